The number of aryl methyl sites for hydroxylation is 2. The highest BCUT2D eigenvalue weighted by molar-refractivity contribution is 7.98. The van der Waals surface area contributed by atoms with Gasteiger partial charge in [0.05, 0.1) is 0 Å². The van der Waals surface area contributed by atoms with Gasteiger partial charge in [-0.15, -0.1) is 11.8 Å². The van der Waals surface area contributed by atoms with Crippen LogP contribution < -0.4 is 10.1 Å². The van der Waals surface area contributed by atoms with Crippen LogP contribution in [0.2, 0.25) is 0 Å². The van der Waals surface area contributed by atoms with E-state index in [1.54, 1.807) is 11.8 Å². The Kier molecular flexibility index (Phi) is 5.04. The van der Waals surface area contributed by atoms with Crippen molar-refractivity contribution in [2.75, 3.05) is 13.3 Å². The number of aromatic nitrogens is 1. The molecule has 0 spiro atoms. The van der Waals surface area contributed by atoms with Gasteiger partial charge in [0.2, 0.25) is 5.88 Å². The molecule has 1 heterocycles. The Morgan fingerprint density at radius 3 is 2.50 bits per heavy atom. The van der Waals surface area contributed by atoms with E-state index in [9.17, 15) is 0 Å². The van der Waals surface area contributed by atoms with Crippen molar-refractivity contribution < 1.29 is 4.74 Å². The third-order valence-corrected chi connectivity index (χ3v) is 3.81. The van der Waals surface area contributed by atoms with Gasteiger partial charge in [0, 0.05) is 22.7 Å². The first-order chi connectivity index (χ1) is 9.63. The van der Waals surface area contributed by atoms with Crippen LogP contribution in [0, 0.1) is 13.8 Å². The predicted molar refractivity (Wildman–Crippen MR) is 84.8 cm³/mol. The topological polar surface area (TPSA) is 34.2 Å². The molecule has 0 saturated carbocycles. The Bertz CT molecular complexity index is 582. The lowest BCUT2D eigenvalue weighted by molar-refractivity contribution is 0.452. The molecule has 0 aliphatic heterocycles. The molecule has 1 aromatic carbocycles. The minimum atomic E-state index is 0.689. The summed E-state index contributed by atoms with van der Waals surface area (Å²) in [5.41, 5.74) is 3.27. The summed E-state index contributed by atoms with van der Waals surface area (Å²) in [6.07, 6.45) is 2.06. The lowest BCUT2D eigenvalue weighted by Gasteiger charge is -2.13. The summed E-state index contributed by atoms with van der Waals surface area (Å²) in [6, 6.07) is 10.2. The number of hydrogen-bond acceptors (Lipinski definition) is 4. The molecule has 20 heavy (non-hydrogen) atoms. The van der Waals surface area contributed by atoms with Gasteiger partial charge in [-0.1, -0.05) is 0 Å². The zero-order valence-electron chi connectivity index (χ0n) is 12.4. The van der Waals surface area contributed by atoms with Crippen molar-refractivity contribution in [3.8, 4) is 11.6 Å². The van der Waals surface area contributed by atoms with Gasteiger partial charge in [0.15, 0.2) is 0 Å². The molecule has 3 nitrogen and oxygen atoms in total. The minimum absolute atomic E-state index is 0.689. The van der Waals surface area contributed by atoms with Gasteiger partial charge in [-0.3, -0.25) is 0 Å². The Labute approximate surface area is 124 Å². The monoisotopic (exact) mass is 288 g/mol. The van der Waals surface area contributed by atoms with Crippen LogP contribution in [0.3, 0.4) is 0 Å². The fourth-order valence-corrected chi connectivity index (χ4v) is 2.47. The van der Waals surface area contributed by atoms with Crippen LogP contribution in [-0.4, -0.2) is 18.3 Å². The van der Waals surface area contributed by atoms with Crippen LogP contribution >= 0.6 is 11.8 Å². The molecule has 0 atom stereocenters. The maximum absolute atomic E-state index is 5.96. The molecule has 2 aromatic rings. The maximum atomic E-state index is 5.96. The molecular weight excluding hydrogens is 268 g/mol. The smallest absolute Gasteiger partial charge is 0.224 e. The quantitative estimate of drug-likeness (QED) is 0.845. The van der Waals surface area contributed by atoms with Crippen molar-refractivity contribution in [2.24, 2.45) is 0 Å². The molecule has 1 aromatic heterocycles. The van der Waals surface area contributed by atoms with Gasteiger partial charge in [-0.25, -0.2) is 4.98 Å². The fraction of sp³-hybridized carbons (Fsp3) is 0.312. The maximum Gasteiger partial charge on any atom is 0.224 e. The summed E-state index contributed by atoms with van der Waals surface area (Å²) >= 11 is 1.72. The molecule has 0 fully saturated rings. The molecule has 0 unspecified atom stereocenters. The normalized spacial score (nSPS) is 10.6. The second-order valence-corrected chi connectivity index (χ2v) is 5.55. The summed E-state index contributed by atoms with van der Waals surface area (Å²) in [4.78, 5) is 5.75. The molecule has 1 N–H and O–H groups in total. The van der Waals surface area contributed by atoms with E-state index in [2.05, 4.69) is 41.7 Å². The average molecular weight is 288 g/mol. The first-order valence-electron chi connectivity index (χ1n) is 6.57. The van der Waals surface area contributed by atoms with E-state index >= 15 is 0 Å². The van der Waals surface area contributed by atoms with E-state index in [4.69, 9.17) is 4.74 Å². The largest absolute Gasteiger partial charge is 0.439 e. The fourth-order valence-electron chi connectivity index (χ4n) is 2.06. The van der Waals surface area contributed by atoms with E-state index < -0.39 is 0 Å². The second kappa shape index (κ2) is 6.77. The highest BCUT2D eigenvalue weighted by Crippen LogP contribution is 2.27. The number of hydrogen-bond donors (Lipinski definition) is 1. The second-order valence-electron chi connectivity index (χ2n) is 4.67. The van der Waals surface area contributed by atoms with Gasteiger partial charge in [-0.05, 0) is 63.0 Å². The summed E-state index contributed by atoms with van der Waals surface area (Å²) in [5, 5.41) is 3.17. The summed E-state index contributed by atoms with van der Waals surface area (Å²) in [7, 11) is 1.93. The first-order valence-corrected chi connectivity index (χ1v) is 7.80. The molecule has 4 heteroatoms. The van der Waals surface area contributed by atoms with E-state index in [1.807, 2.05) is 26.1 Å². The highest BCUT2D eigenvalue weighted by atomic mass is 32.2. The van der Waals surface area contributed by atoms with Crippen LogP contribution in [0.25, 0.3) is 0 Å². The van der Waals surface area contributed by atoms with Crippen molar-refractivity contribution in [1.82, 2.24) is 10.3 Å². The predicted octanol–water partition coefficient (Wildman–Crippen LogP) is 3.93. The average Bonchev–Trinajstić information content (AvgIpc) is 2.43. The van der Waals surface area contributed by atoms with Gasteiger partial charge in [0.1, 0.15) is 5.75 Å². The van der Waals surface area contributed by atoms with E-state index in [1.165, 1.54) is 10.5 Å². The minimum Gasteiger partial charge on any atom is -0.439 e. The number of nitrogens with zero attached hydrogens (tertiary/aromatic N) is 1. The van der Waals surface area contributed by atoms with Crippen LogP contribution in [-0.2, 0) is 6.54 Å². The van der Waals surface area contributed by atoms with E-state index in [0.717, 1.165) is 23.6 Å². The Hall–Kier alpha value is -1.52. The molecule has 0 bridgehead atoms. The lowest BCUT2D eigenvalue weighted by atomic mass is 10.1. The molecule has 0 aliphatic rings. The highest BCUT2D eigenvalue weighted by Gasteiger charge is 2.10. The summed E-state index contributed by atoms with van der Waals surface area (Å²) < 4.78 is 5.96. The van der Waals surface area contributed by atoms with Crippen LogP contribution in [0.15, 0.2) is 35.2 Å². The molecule has 0 saturated heterocycles. The number of thioether (sulfide) groups is 1. The molecular formula is C16H20N2OS. The van der Waals surface area contributed by atoms with Crippen molar-refractivity contribution in [3.63, 3.8) is 0 Å². The number of benzene rings is 1. The molecule has 106 valence electrons. The SMILES string of the molecule is CNCc1c(C)cc(C)nc1Oc1ccc(SC)cc1. The zero-order chi connectivity index (χ0) is 14.5. The van der Waals surface area contributed by atoms with Gasteiger partial charge >= 0.3 is 0 Å². The van der Waals surface area contributed by atoms with E-state index in [0.29, 0.717) is 5.88 Å². The van der Waals surface area contributed by atoms with Crippen LogP contribution in [0.5, 0.6) is 11.6 Å². The summed E-state index contributed by atoms with van der Waals surface area (Å²) in [6.45, 7) is 4.82. The van der Waals surface area contributed by atoms with Crippen molar-refractivity contribution in [1.29, 1.82) is 0 Å². The number of ether oxygens (including phenoxy) is 1. The van der Waals surface area contributed by atoms with Crippen molar-refractivity contribution >= 4 is 11.8 Å². The number of nitrogens with one attached hydrogen (secondary N) is 1. The molecule has 2 rings (SSSR count). The number of rotatable bonds is 5. The lowest BCUT2D eigenvalue weighted by Crippen LogP contribution is -2.09. The van der Waals surface area contributed by atoms with Gasteiger partial charge in [0.25, 0.3) is 0 Å². The Morgan fingerprint density at radius 2 is 1.90 bits per heavy atom. The van der Waals surface area contributed by atoms with E-state index in [-0.39, 0.29) is 0 Å². The summed E-state index contributed by atoms with van der Waals surface area (Å²) in [5.74, 6) is 1.51. The molecule has 0 aliphatic carbocycles. The molecule has 0 amide bonds. The van der Waals surface area contributed by atoms with Gasteiger partial charge in [-0.2, -0.15) is 0 Å². The van der Waals surface area contributed by atoms with Crippen molar-refractivity contribution in [3.05, 3.63) is 47.2 Å². The standard InChI is InChI=1S/C16H20N2OS/c1-11-9-12(2)18-16(15(11)10-17-3)19-13-5-7-14(20-4)8-6-13/h5-9,17H,10H2,1-4H3. The third-order valence-electron chi connectivity index (χ3n) is 3.06. The Balaban J connectivity index is 2.31. The van der Waals surface area contributed by atoms with Gasteiger partial charge < -0.3 is 10.1 Å². The van der Waals surface area contributed by atoms with Crippen LogP contribution in [0.1, 0.15) is 16.8 Å². The Morgan fingerprint density at radius 1 is 1.20 bits per heavy atom. The van der Waals surface area contributed by atoms with Crippen LogP contribution in [0.4, 0.5) is 0 Å². The first kappa shape index (κ1) is 14.9. The third kappa shape index (κ3) is 3.52. The zero-order valence-corrected chi connectivity index (χ0v) is 13.2. The molecule has 0 radical (unpaired) electrons. The number of pyridine rings is 1. The van der Waals surface area contributed by atoms with Crippen molar-refractivity contribution in [2.45, 2.75) is 25.3 Å².